The number of anilines is 1. The first-order chi connectivity index (χ1) is 10.9. The summed E-state index contributed by atoms with van der Waals surface area (Å²) in [5.74, 6) is -0.815. The third-order valence-electron chi connectivity index (χ3n) is 3.52. The highest BCUT2D eigenvalue weighted by atomic mass is 35.5. The number of halogens is 1. The Morgan fingerprint density at radius 3 is 2.52 bits per heavy atom. The summed E-state index contributed by atoms with van der Waals surface area (Å²) in [4.78, 5) is 27.4. The minimum Gasteiger partial charge on any atom is -0.359 e. The van der Waals surface area contributed by atoms with E-state index in [-0.39, 0.29) is 16.8 Å². The van der Waals surface area contributed by atoms with Crippen LogP contribution in [0.25, 0.3) is 0 Å². The predicted molar refractivity (Wildman–Crippen MR) is 90.3 cm³/mol. The molecule has 3 N–H and O–H groups in total. The average Bonchev–Trinajstić information content (AvgIpc) is 2.54. The van der Waals surface area contributed by atoms with Gasteiger partial charge in [-0.15, -0.1) is 0 Å². The third kappa shape index (κ3) is 4.20. The number of hydrogen-bond donors (Lipinski definition) is 3. The highest BCUT2D eigenvalue weighted by molar-refractivity contribution is 6.41. The third-order valence-corrected chi connectivity index (χ3v) is 3.84. The molecule has 1 aromatic carbocycles. The van der Waals surface area contributed by atoms with Gasteiger partial charge < -0.3 is 20.4 Å². The molecule has 0 saturated carbocycles. The fraction of sp³-hybridized carbons (Fsp3) is 0.400. The van der Waals surface area contributed by atoms with E-state index in [1.165, 1.54) is 11.0 Å². The lowest BCUT2D eigenvalue weighted by Crippen LogP contribution is -2.46. The highest BCUT2D eigenvalue weighted by Gasteiger charge is 2.20. The molecule has 0 aromatic heterocycles. The van der Waals surface area contributed by atoms with Gasteiger partial charge in [-0.1, -0.05) is 11.6 Å². The van der Waals surface area contributed by atoms with Gasteiger partial charge in [-0.3, -0.25) is 15.0 Å². The van der Waals surface area contributed by atoms with Gasteiger partial charge in [0.05, 0.1) is 10.6 Å². The molecule has 0 atom stereocenters. The fourth-order valence-electron chi connectivity index (χ4n) is 2.20. The molecule has 7 nitrogen and oxygen atoms in total. The minimum absolute atomic E-state index is 0.115. The van der Waals surface area contributed by atoms with Crippen LogP contribution in [0.2, 0.25) is 5.02 Å². The number of hydrogen-bond acceptors (Lipinski definition) is 4. The first-order valence-electron chi connectivity index (χ1n) is 7.27. The molecular weight excluding hydrogens is 318 g/mol. The molecule has 0 unspecified atom stereocenters. The van der Waals surface area contributed by atoms with Crippen LogP contribution < -0.4 is 10.6 Å². The summed E-state index contributed by atoms with van der Waals surface area (Å²) in [7, 11) is 3.23. The van der Waals surface area contributed by atoms with Crippen molar-refractivity contribution in [3.63, 3.8) is 0 Å². The summed E-state index contributed by atoms with van der Waals surface area (Å²) >= 11 is 6.19. The maximum absolute atomic E-state index is 12.4. The Kier molecular flexibility index (Phi) is 5.57. The summed E-state index contributed by atoms with van der Waals surface area (Å²) in [6.45, 7) is 2.83. The number of amides is 2. The van der Waals surface area contributed by atoms with Crippen molar-refractivity contribution in [3.05, 3.63) is 28.8 Å². The van der Waals surface area contributed by atoms with Gasteiger partial charge in [0.1, 0.15) is 0 Å². The molecule has 1 aliphatic rings. The highest BCUT2D eigenvalue weighted by Crippen LogP contribution is 2.22. The predicted octanol–water partition coefficient (Wildman–Crippen LogP) is 0.863. The van der Waals surface area contributed by atoms with Crippen molar-refractivity contribution < 1.29 is 9.59 Å². The SMILES string of the molecule is CN(C)C(=N)C(=O)Nc1ccc(C(=O)N2CCNCC2)c(Cl)c1. The number of rotatable bonds is 2. The minimum atomic E-state index is -0.535. The van der Waals surface area contributed by atoms with Gasteiger partial charge in [0.2, 0.25) is 0 Å². The molecule has 124 valence electrons. The number of nitrogens with zero attached hydrogens (tertiary/aromatic N) is 2. The molecule has 1 aromatic rings. The van der Waals surface area contributed by atoms with Gasteiger partial charge in [0.15, 0.2) is 5.84 Å². The van der Waals surface area contributed by atoms with Crippen molar-refractivity contribution in [1.29, 1.82) is 5.41 Å². The van der Waals surface area contributed by atoms with E-state index in [2.05, 4.69) is 10.6 Å². The second-order valence-electron chi connectivity index (χ2n) is 5.43. The Hall–Kier alpha value is -2.12. The van der Waals surface area contributed by atoms with Crippen LogP contribution in [0.1, 0.15) is 10.4 Å². The van der Waals surface area contributed by atoms with Gasteiger partial charge in [-0.05, 0) is 18.2 Å². The van der Waals surface area contributed by atoms with Crippen molar-refractivity contribution in [2.45, 2.75) is 0 Å². The molecule has 2 rings (SSSR count). The van der Waals surface area contributed by atoms with Crippen LogP contribution in [0.3, 0.4) is 0 Å². The van der Waals surface area contributed by atoms with Crippen LogP contribution in [0.5, 0.6) is 0 Å². The number of piperazine rings is 1. The van der Waals surface area contributed by atoms with E-state index in [1.54, 1.807) is 31.1 Å². The second-order valence-corrected chi connectivity index (χ2v) is 5.84. The molecule has 1 saturated heterocycles. The summed E-state index contributed by atoms with van der Waals surface area (Å²) in [6.07, 6.45) is 0. The maximum Gasteiger partial charge on any atom is 0.290 e. The number of carbonyl (C=O) groups excluding carboxylic acids is 2. The number of carbonyl (C=O) groups is 2. The number of amidine groups is 1. The van der Waals surface area contributed by atoms with E-state index in [0.29, 0.717) is 24.3 Å². The van der Waals surface area contributed by atoms with Crippen LogP contribution in [0.15, 0.2) is 18.2 Å². The van der Waals surface area contributed by atoms with Crippen molar-refractivity contribution in [2.75, 3.05) is 45.6 Å². The summed E-state index contributed by atoms with van der Waals surface area (Å²) in [5.41, 5.74) is 0.859. The van der Waals surface area contributed by atoms with Gasteiger partial charge >= 0.3 is 0 Å². The number of nitrogens with one attached hydrogen (secondary N) is 3. The van der Waals surface area contributed by atoms with E-state index in [0.717, 1.165) is 13.1 Å². The van der Waals surface area contributed by atoms with Crippen LogP contribution >= 0.6 is 11.6 Å². The lowest BCUT2D eigenvalue weighted by atomic mass is 10.1. The molecule has 0 spiro atoms. The van der Waals surface area contributed by atoms with Crippen LogP contribution in [0.4, 0.5) is 5.69 Å². The molecule has 0 aliphatic carbocycles. The Balaban J connectivity index is 2.09. The van der Waals surface area contributed by atoms with Crippen LogP contribution in [-0.4, -0.2) is 67.7 Å². The summed E-state index contributed by atoms with van der Waals surface area (Å²) in [6, 6.07) is 4.74. The second kappa shape index (κ2) is 7.43. The van der Waals surface area contributed by atoms with Crippen molar-refractivity contribution >= 4 is 34.9 Å². The van der Waals surface area contributed by atoms with Gasteiger partial charge in [-0.25, -0.2) is 0 Å². The topological polar surface area (TPSA) is 88.5 Å². The zero-order chi connectivity index (χ0) is 17.0. The summed E-state index contributed by atoms with van der Waals surface area (Å²) in [5, 5.41) is 13.7. The monoisotopic (exact) mass is 337 g/mol. The van der Waals surface area contributed by atoms with Crippen molar-refractivity contribution in [1.82, 2.24) is 15.1 Å². The molecule has 0 radical (unpaired) electrons. The van der Waals surface area contributed by atoms with E-state index in [1.807, 2.05) is 0 Å². The Bertz CT molecular complexity index is 626. The standard InChI is InChI=1S/C15H20ClN5O2/c1-20(2)13(17)14(22)19-10-3-4-11(12(16)9-10)15(23)21-7-5-18-6-8-21/h3-4,9,17-18H,5-8H2,1-2H3,(H,19,22). The van der Waals surface area contributed by atoms with E-state index >= 15 is 0 Å². The number of benzene rings is 1. The Morgan fingerprint density at radius 2 is 1.96 bits per heavy atom. The van der Waals surface area contributed by atoms with Gasteiger partial charge in [0.25, 0.3) is 11.8 Å². The largest absolute Gasteiger partial charge is 0.359 e. The number of likely N-dealkylation sites (N-methyl/N-ethyl adjacent to an activating group) is 1. The van der Waals surface area contributed by atoms with Gasteiger partial charge in [0, 0.05) is 46.0 Å². The molecular formula is C15H20ClN5O2. The van der Waals surface area contributed by atoms with Gasteiger partial charge in [-0.2, -0.15) is 0 Å². The smallest absolute Gasteiger partial charge is 0.290 e. The normalized spacial score (nSPS) is 14.3. The maximum atomic E-state index is 12.4. The first-order valence-corrected chi connectivity index (χ1v) is 7.64. The van der Waals surface area contributed by atoms with E-state index in [9.17, 15) is 9.59 Å². The zero-order valence-corrected chi connectivity index (χ0v) is 13.9. The van der Waals surface area contributed by atoms with Crippen LogP contribution in [0, 0.1) is 5.41 Å². The zero-order valence-electron chi connectivity index (χ0n) is 13.1. The molecule has 1 aliphatic heterocycles. The lowest BCUT2D eigenvalue weighted by molar-refractivity contribution is -0.111. The molecule has 0 bridgehead atoms. The molecule has 23 heavy (non-hydrogen) atoms. The Labute approximate surface area is 140 Å². The molecule has 8 heteroatoms. The van der Waals surface area contributed by atoms with E-state index in [4.69, 9.17) is 17.0 Å². The summed E-state index contributed by atoms with van der Waals surface area (Å²) < 4.78 is 0. The molecule has 2 amide bonds. The lowest BCUT2D eigenvalue weighted by Gasteiger charge is -2.27. The first kappa shape index (κ1) is 17.2. The molecule has 1 fully saturated rings. The fourth-order valence-corrected chi connectivity index (χ4v) is 2.46. The van der Waals surface area contributed by atoms with E-state index < -0.39 is 5.91 Å². The van der Waals surface area contributed by atoms with Crippen molar-refractivity contribution in [3.8, 4) is 0 Å². The average molecular weight is 338 g/mol. The van der Waals surface area contributed by atoms with Crippen molar-refractivity contribution in [2.24, 2.45) is 0 Å². The Morgan fingerprint density at radius 1 is 1.30 bits per heavy atom. The molecule has 1 heterocycles. The van der Waals surface area contributed by atoms with Crippen LogP contribution in [-0.2, 0) is 4.79 Å². The quantitative estimate of drug-likeness (QED) is 0.552.